The number of aliphatic hydroxyl groups is 1. The maximum absolute atomic E-state index is 13.9. The number of amides is 2. The van der Waals surface area contributed by atoms with Gasteiger partial charge in [0.05, 0.1) is 12.1 Å². The highest BCUT2D eigenvalue weighted by Gasteiger charge is 2.25. The molecule has 2 amide bonds. The molecule has 1 aromatic heterocycles. The quantitative estimate of drug-likeness (QED) is 0.336. The number of likely N-dealkylation sites (tertiary alicyclic amines) is 1. The molecule has 2 atom stereocenters. The van der Waals surface area contributed by atoms with Gasteiger partial charge in [-0.25, -0.2) is 13.8 Å². The highest BCUT2D eigenvalue weighted by atomic mass is 19.1. The lowest BCUT2D eigenvalue weighted by Gasteiger charge is -2.25. The lowest BCUT2D eigenvalue weighted by molar-refractivity contribution is 0.0786. The first-order chi connectivity index (χ1) is 19.2. The van der Waals surface area contributed by atoms with Gasteiger partial charge in [0.2, 0.25) is 0 Å². The van der Waals surface area contributed by atoms with Crippen LogP contribution < -0.4 is 10.6 Å². The van der Waals surface area contributed by atoms with Crippen molar-refractivity contribution in [3.63, 3.8) is 0 Å². The van der Waals surface area contributed by atoms with Crippen LogP contribution in [0.1, 0.15) is 63.0 Å². The number of aliphatic hydroxyl groups excluding tert-OH is 1. The molecule has 212 valence electrons. The summed E-state index contributed by atoms with van der Waals surface area (Å²) in [6.45, 7) is 5.73. The molecule has 4 rings (SSSR count). The molecule has 3 aromatic rings. The highest BCUT2D eigenvalue weighted by Crippen LogP contribution is 2.16. The number of hydrogen-bond acceptors (Lipinski definition) is 5. The van der Waals surface area contributed by atoms with Crippen LogP contribution in [0.2, 0.25) is 0 Å². The summed E-state index contributed by atoms with van der Waals surface area (Å²) in [4.78, 5) is 32.3. The zero-order valence-electron chi connectivity index (χ0n) is 22.9. The van der Waals surface area contributed by atoms with E-state index in [1.54, 1.807) is 17.9 Å². The Morgan fingerprint density at radius 3 is 2.40 bits per heavy atom. The Balaban J connectivity index is 1.50. The second-order valence-corrected chi connectivity index (χ2v) is 10.3. The Bertz CT molecular complexity index is 1320. The molecule has 1 fully saturated rings. The van der Waals surface area contributed by atoms with Crippen LogP contribution in [-0.2, 0) is 19.4 Å². The molecular weight excluding hydrogens is 514 g/mol. The van der Waals surface area contributed by atoms with Crippen LogP contribution in [0, 0.1) is 18.6 Å². The molecule has 7 nitrogen and oxygen atoms in total. The largest absolute Gasteiger partial charge is 0.390 e. The topological polar surface area (TPSA) is 94.6 Å². The molecule has 0 bridgehead atoms. The van der Waals surface area contributed by atoms with Crippen molar-refractivity contribution in [3.05, 3.63) is 99.9 Å². The minimum absolute atomic E-state index is 0.00177. The van der Waals surface area contributed by atoms with Gasteiger partial charge in [-0.05, 0) is 73.6 Å². The maximum atomic E-state index is 13.9. The Morgan fingerprint density at radius 1 is 1.00 bits per heavy atom. The Morgan fingerprint density at radius 2 is 1.70 bits per heavy atom. The molecule has 0 radical (unpaired) electrons. The number of halogens is 2. The third kappa shape index (κ3) is 7.92. The Hall–Kier alpha value is -3.69. The summed E-state index contributed by atoms with van der Waals surface area (Å²) in [6.07, 6.45) is 1.71. The van der Waals surface area contributed by atoms with E-state index >= 15 is 0 Å². The molecule has 2 heterocycles. The van der Waals surface area contributed by atoms with Crippen molar-refractivity contribution in [1.82, 2.24) is 20.5 Å². The smallest absolute Gasteiger partial charge is 0.272 e. The number of aromatic nitrogens is 1. The maximum Gasteiger partial charge on any atom is 0.272 e. The van der Waals surface area contributed by atoms with E-state index in [1.165, 1.54) is 23.8 Å². The van der Waals surface area contributed by atoms with Gasteiger partial charge in [0.25, 0.3) is 11.8 Å². The summed E-state index contributed by atoms with van der Waals surface area (Å²) in [5, 5.41) is 17.1. The average molecular weight is 551 g/mol. The molecule has 1 saturated heterocycles. The monoisotopic (exact) mass is 550 g/mol. The molecule has 0 unspecified atom stereocenters. The van der Waals surface area contributed by atoms with Gasteiger partial charge in [0, 0.05) is 43.5 Å². The predicted octanol–water partition coefficient (Wildman–Crippen LogP) is 3.96. The standard InChI is InChI=1S/C31H36F2N4O3/c1-3-21-7-6-8-22(12-21)18-34-19-29(38)27(15-23-13-25(32)17-26(33)14-23)36-30(39)24-11-20(2)35-28(16-24)31(40)37-9-4-5-10-37/h6-8,11-14,16-17,27,29,34,38H,3-5,9-10,15,18-19H2,1-2H3,(H,36,39)/t27-,29-/m0/s1. The van der Waals surface area contributed by atoms with Crippen molar-refractivity contribution < 1.29 is 23.5 Å². The molecule has 0 aliphatic carbocycles. The molecule has 0 spiro atoms. The van der Waals surface area contributed by atoms with Crippen LogP contribution in [0.15, 0.2) is 54.6 Å². The van der Waals surface area contributed by atoms with Gasteiger partial charge in [0.15, 0.2) is 0 Å². The number of nitrogens with zero attached hydrogens (tertiary/aromatic N) is 2. The summed E-state index contributed by atoms with van der Waals surface area (Å²) < 4.78 is 27.8. The number of aryl methyl sites for hydroxylation is 2. The summed E-state index contributed by atoms with van der Waals surface area (Å²) in [5.41, 5.74) is 3.48. The molecule has 1 aliphatic heterocycles. The van der Waals surface area contributed by atoms with Crippen LogP contribution in [-0.4, -0.2) is 58.6 Å². The first-order valence-electron chi connectivity index (χ1n) is 13.7. The fourth-order valence-electron chi connectivity index (χ4n) is 4.98. The number of pyridine rings is 1. The highest BCUT2D eigenvalue weighted by molar-refractivity contribution is 5.99. The first-order valence-corrected chi connectivity index (χ1v) is 13.7. The van der Waals surface area contributed by atoms with E-state index < -0.39 is 29.7 Å². The van der Waals surface area contributed by atoms with E-state index in [0.29, 0.717) is 30.9 Å². The number of carbonyl (C=O) groups excluding carboxylic acids is 2. The van der Waals surface area contributed by atoms with Gasteiger partial charge < -0.3 is 20.6 Å². The van der Waals surface area contributed by atoms with Gasteiger partial charge in [-0.2, -0.15) is 0 Å². The van der Waals surface area contributed by atoms with Gasteiger partial charge in [0.1, 0.15) is 17.3 Å². The number of nitrogens with one attached hydrogen (secondary N) is 2. The number of carbonyl (C=O) groups is 2. The van der Waals surface area contributed by atoms with Crippen LogP contribution in [0.3, 0.4) is 0 Å². The van der Waals surface area contributed by atoms with E-state index in [4.69, 9.17) is 0 Å². The second kappa shape index (κ2) is 13.6. The van der Waals surface area contributed by atoms with Crippen molar-refractivity contribution in [2.45, 2.75) is 58.2 Å². The summed E-state index contributed by atoms with van der Waals surface area (Å²) >= 11 is 0. The second-order valence-electron chi connectivity index (χ2n) is 10.3. The zero-order chi connectivity index (χ0) is 28.6. The van der Waals surface area contributed by atoms with Crippen molar-refractivity contribution in [3.8, 4) is 0 Å². The normalized spacial score (nSPS) is 14.7. The molecular formula is C31H36F2N4O3. The molecule has 2 aromatic carbocycles. The molecule has 40 heavy (non-hydrogen) atoms. The van der Waals surface area contributed by atoms with E-state index in [9.17, 15) is 23.5 Å². The zero-order valence-corrected chi connectivity index (χ0v) is 22.9. The van der Waals surface area contributed by atoms with E-state index in [2.05, 4.69) is 28.6 Å². The van der Waals surface area contributed by atoms with Crippen molar-refractivity contribution in [1.29, 1.82) is 0 Å². The summed E-state index contributed by atoms with van der Waals surface area (Å²) in [5.74, 6) is -2.22. The minimum Gasteiger partial charge on any atom is -0.390 e. The van der Waals surface area contributed by atoms with E-state index in [0.717, 1.165) is 30.9 Å². The van der Waals surface area contributed by atoms with E-state index in [-0.39, 0.29) is 30.1 Å². The number of hydrogen-bond donors (Lipinski definition) is 3. The lowest BCUT2D eigenvalue weighted by atomic mass is 10.00. The molecule has 9 heteroatoms. The van der Waals surface area contributed by atoms with Crippen molar-refractivity contribution in [2.24, 2.45) is 0 Å². The van der Waals surface area contributed by atoms with Crippen LogP contribution >= 0.6 is 0 Å². The Labute approximate surface area is 233 Å². The van der Waals surface area contributed by atoms with Crippen molar-refractivity contribution >= 4 is 11.8 Å². The van der Waals surface area contributed by atoms with E-state index in [1.807, 2.05) is 18.2 Å². The first kappa shape index (κ1) is 29.3. The van der Waals surface area contributed by atoms with Gasteiger partial charge in [-0.3, -0.25) is 9.59 Å². The van der Waals surface area contributed by atoms with Gasteiger partial charge in [-0.1, -0.05) is 31.2 Å². The summed E-state index contributed by atoms with van der Waals surface area (Å²) in [7, 11) is 0. The SMILES string of the molecule is CCc1cccc(CNC[C@H](O)[C@H](Cc2cc(F)cc(F)c2)NC(=O)c2cc(C)nc(C(=O)N3CCCC3)c2)c1. The van der Waals surface area contributed by atoms with Crippen LogP contribution in [0.4, 0.5) is 8.78 Å². The predicted molar refractivity (Wildman–Crippen MR) is 149 cm³/mol. The van der Waals surface area contributed by atoms with Gasteiger partial charge in [-0.15, -0.1) is 0 Å². The van der Waals surface area contributed by atoms with Crippen LogP contribution in [0.25, 0.3) is 0 Å². The summed E-state index contributed by atoms with van der Waals surface area (Å²) in [6, 6.07) is 13.4. The third-order valence-electron chi connectivity index (χ3n) is 7.07. The average Bonchev–Trinajstić information content (AvgIpc) is 3.46. The molecule has 1 aliphatic rings. The number of benzene rings is 2. The fourth-order valence-corrected chi connectivity index (χ4v) is 4.98. The van der Waals surface area contributed by atoms with Crippen molar-refractivity contribution in [2.75, 3.05) is 19.6 Å². The molecule has 3 N–H and O–H groups in total. The third-order valence-corrected chi connectivity index (χ3v) is 7.07. The molecule has 0 saturated carbocycles. The lowest BCUT2D eigenvalue weighted by Crippen LogP contribution is -2.48. The minimum atomic E-state index is -1.07. The Kier molecular flexibility index (Phi) is 9.95. The number of rotatable bonds is 11. The fraction of sp³-hybridized carbons (Fsp3) is 0.387. The van der Waals surface area contributed by atoms with Gasteiger partial charge >= 0.3 is 0 Å². The van der Waals surface area contributed by atoms with Crippen LogP contribution in [0.5, 0.6) is 0 Å².